The number of aromatic carboxylic acids is 1. The Hall–Kier alpha value is -1.51. The van der Waals surface area contributed by atoms with Crippen molar-refractivity contribution in [2.75, 3.05) is 14.1 Å². The molecule has 0 aromatic heterocycles. The van der Waals surface area contributed by atoms with E-state index in [1.165, 1.54) is 14.1 Å². The van der Waals surface area contributed by atoms with E-state index in [-0.39, 0.29) is 5.56 Å². The Kier molecular flexibility index (Phi) is 3.81. The van der Waals surface area contributed by atoms with Crippen molar-refractivity contribution in [3.63, 3.8) is 0 Å². The first kappa shape index (κ1) is 13.6. The monoisotopic (exact) mass is 262 g/mol. The average Bonchev–Trinajstić information content (AvgIpc) is 2.14. The minimum atomic E-state index is -4.02. The summed E-state index contributed by atoms with van der Waals surface area (Å²) >= 11 is 0. The Balaban J connectivity index is 3.21. The van der Waals surface area contributed by atoms with E-state index in [0.29, 0.717) is 6.07 Å². The normalized spacial score (nSPS) is 11.8. The SMILES string of the molecule is CN(C)NS(=O)(=O)c1ccc(C(=O)O)cc1F. The number of benzene rings is 1. The maximum atomic E-state index is 13.5. The Morgan fingerprint density at radius 1 is 1.41 bits per heavy atom. The highest BCUT2D eigenvalue weighted by atomic mass is 32.2. The molecular weight excluding hydrogens is 251 g/mol. The van der Waals surface area contributed by atoms with Crippen molar-refractivity contribution < 1.29 is 22.7 Å². The number of carboxylic acid groups (broad SMARTS) is 1. The second-order valence-electron chi connectivity index (χ2n) is 3.44. The van der Waals surface area contributed by atoms with Gasteiger partial charge in [0.2, 0.25) is 0 Å². The first-order valence-corrected chi connectivity index (χ1v) is 5.95. The molecule has 0 atom stereocenters. The number of carbonyl (C=O) groups is 1. The van der Waals surface area contributed by atoms with Gasteiger partial charge in [-0.2, -0.15) is 0 Å². The predicted octanol–water partition coefficient (Wildman–Crippen LogP) is 0.279. The highest BCUT2D eigenvalue weighted by Crippen LogP contribution is 2.16. The number of sulfonamides is 1. The summed E-state index contributed by atoms with van der Waals surface area (Å²) in [4.78, 5) is 12.0. The Morgan fingerprint density at radius 2 is 2.00 bits per heavy atom. The van der Waals surface area contributed by atoms with Gasteiger partial charge in [0.15, 0.2) is 0 Å². The first-order chi connectivity index (χ1) is 7.74. The van der Waals surface area contributed by atoms with Gasteiger partial charge < -0.3 is 5.11 Å². The lowest BCUT2D eigenvalue weighted by atomic mass is 10.2. The van der Waals surface area contributed by atoms with Crippen LogP contribution in [0.4, 0.5) is 4.39 Å². The summed E-state index contributed by atoms with van der Waals surface area (Å²) < 4.78 is 36.7. The molecule has 0 heterocycles. The van der Waals surface area contributed by atoms with E-state index in [2.05, 4.69) is 0 Å². The Labute approximate surface area is 97.7 Å². The molecule has 0 unspecified atom stereocenters. The fourth-order valence-corrected chi connectivity index (χ4v) is 2.28. The van der Waals surface area contributed by atoms with Gasteiger partial charge in [-0.1, -0.05) is 0 Å². The molecule has 17 heavy (non-hydrogen) atoms. The molecule has 0 amide bonds. The molecule has 0 fully saturated rings. The van der Waals surface area contributed by atoms with Crippen molar-refractivity contribution in [2.24, 2.45) is 0 Å². The van der Waals surface area contributed by atoms with Crippen LogP contribution in [0.15, 0.2) is 23.1 Å². The maximum Gasteiger partial charge on any atom is 0.335 e. The number of halogens is 1. The van der Waals surface area contributed by atoms with Gasteiger partial charge >= 0.3 is 5.97 Å². The zero-order chi connectivity index (χ0) is 13.2. The summed E-state index contributed by atoms with van der Waals surface area (Å²) in [5.74, 6) is -2.44. The minimum Gasteiger partial charge on any atom is -0.478 e. The first-order valence-electron chi connectivity index (χ1n) is 4.46. The van der Waals surface area contributed by atoms with Crippen LogP contribution in [0.3, 0.4) is 0 Å². The second-order valence-corrected chi connectivity index (χ2v) is 5.07. The van der Waals surface area contributed by atoms with Crippen LogP contribution < -0.4 is 4.83 Å². The number of nitrogens with one attached hydrogen (secondary N) is 1. The maximum absolute atomic E-state index is 13.5. The summed E-state index contributed by atoms with van der Waals surface area (Å²) in [7, 11) is -1.16. The van der Waals surface area contributed by atoms with Crippen LogP contribution in [0.2, 0.25) is 0 Å². The van der Waals surface area contributed by atoms with E-state index >= 15 is 0 Å². The second kappa shape index (κ2) is 4.78. The number of rotatable bonds is 4. The van der Waals surface area contributed by atoms with Crippen molar-refractivity contribution in [2.45, 2.75) is 4.90 Å². The number of hydrogen-bond donors (Lipinski definition) is 2. The molecule has 0 bridgehead atoms. The van der Waals surface area contributed by atoms with E-state index in [1.54, 1.807) is 0 Å². The third kappa shape index (κ3) is 3.22. The lowest BCUT2D eigenvalue weighted by Gasteiger charge is -2.13. The van der Waals surface area contributed by atoms with Gasteiger partial charge in [0.1, 0.15) is 10.7 Å². The minimum absolute atomic E-state index is 0.314. The number of nitrogens with zero attached hydrogens (tertiary/aromatic N) is 1. The lowest BCUT2D eigenvalue weighted by Crippen LogP contribution is -2.36. The summed E-state index contributed by atoms with van der Waals surface area (Å²) in [6, 6.07) is 2.59. The van der Waals surface area contributed by atoms with E-state index in [9.17, 15) is 17.6 Å². The highest BCUT2D eigenvalue weighted by Gasteiger charge is 2.20. The zero-order valence-corrected chi connectivity index (χ0v) is 9.95. The molecule has 1 aromatic carbocycles. The number of carboxylic acids is 1. The summed E-state index contributed by atoms with van der Waals surface area (Å²) in [5, 5.41) is 9.75. The number of hydrogen-bond acceptors (Lipinski definition) is 4. The molecule has 1 rings (SSSR count). The molecule has 6 nitrogen and oxygen atoms in total. The quantitative estimate of drug-likeness (QED) is 0.761. The molecule has 1 aromatic rings. The van der Waals surface area contributed by atoms with Crippen LogP contribution in [0.25, 0.3) is 0 Å². The van der Waals surface area contributed by atoms with Crippen LogP contribution in [0.5, 0.6) is 0 Å². The highest BCUT2D eigenvalue weighted by molar-refractivity contribution is 7.89. The predicted molar refractivity (Wildman–Crippen MR) is 57.4 cm³/mol. The number of hydrazine groups is 1. The van der Waals surface area contributed by atoms with Crippen LogP contribution in [0.1, 0.15) is 10.4 Å². The van der Waals surface area contributed by atoms with E-state index < -0.39 is 26.7 Å². The molecule has 0 aliphatic rings. The van der Waals surface area contributed by atoms with E-state index in [0.717, 1.165) is 17.1 Å². The van der Waals surface area contributed by atoms with Crippen molar-refractivity contribution in [3.05, 3.63) is 29.6 Å². The molecule has 0 radical (unpaired) electrons. The van der Waals surface area contributed by atoms with Crippen LogP contribution in [-0.2, 0) is 10.0 Å². The van der Waals surface area contributed by atoms with Crippen molar-refractivity contribution in [1.29, 1.82) is 0 Å². The standard InChI is InChI=1S/C9H11FN2O4S/c1-12(2)11-17(15,16)8-4-3-6(9(13)14)5-7(8)10/h3-5,11H,1-2H3,(H,13,14). The molecule has 0 spiro atoms. The van der Waals surface area contributed by atoms with Gasteiger partial charge in [-0.3, -0.25) is 0 Å². The van der Waals surface area contributed by atoms with Gasteiger partial charge in [-0.05, 0) is 18.2 Å². The molecule has 0 saturated heterocycles. The molecule has 94 valence electrons. The summed E-state index contributed by atoms with van der Waals surface area (Å²) in [6.45, 7) is 0. The molecule has 8 heteroatoms. The average molecular weight is 262 g/mol. The molecular formula is C9H11FN2O4S. The largest absolute Gasteiger partial charge is 0.478 e. The lowest BCUT2D eigenvalue weighted by molar-refractivity contribution is 0.0696. The Morgan fingerprint density at radius 3 is 2.41 bits per heavy atom. The van der Waals surface area contributed by atoms with Crippen LogP contribution >= 0.6 is 0 Å². The van der Waals surface area contributed by atoms with Crippen molar-refractivity contribution in [1.82, 2.24) is 9.84 Å². The smallest absolute Gasteiger partial charge is 0.335 e. The Bertz CT molecular complexity index is 542. The van der Waals surface area contributed by atoms with Crippen LogP contribution in [-0.4, -0.2) is 38.6 Å². The summed E-state index contributed by atoms with van der Waals surface area (Å²) in [6.07, 6.45) is 0. The topological polar surface area (TPSA) is 86.7 Å². The van der Waals surface area contributed by atoms with Crippen LogP contribution in [0, 0.1) is 5.82 Å². The third-order valence-electron chi connectivity index (χ3n) is 1.77. The van der Waals surface area contributed by atoms with Crippen molar-refractivity contribution in [3.8, 4) is 0 Å². The summed E-state index contributed by atoms with van der Waals surface area (Å²) in [5.41, 5.74) is -0.314. The van der Waals surface area contributed by atoms with Gasteiger partial charge in [0.25, 0.3) is 10.0 Å². The molecule has 0 aliphatic heterocycles. The van der Waals surface area contributed by atoms with E-state index in [4.69, 9.17) is 5.11 Å². The third-order valence-corrected chi connectivity index (χ3v) is 3.29. The zero-order valence-electron chi connectivity index (χ0n) is 9.14. The van der Waals surface area contributed by atoms with Gasteiger partial charge in [-0.25, -0.2) is 22.6 Å². The van der Waals surface area contributed by atoms with Gasteiger partial charge in [0.05, 0.1) is 5.56 Å². The van der Waals surface area contributed by atoms with E-state index in [1.807, 2.05) is 4.83 Å². The molecule has 0 saturated carbocycles. The van der Waals surface area contributed by atoms with Gasteiger partial charge in [-0.15, -0.1) is 4.83 Å². The molecule has 0 aliphatic carbocycles. The molecule has 2 N–H and O–H groups in total. The fourth-order valence-electron chi connectivity index (χ4n) is 1.14. The van der Waals surface area contributed by atoms with Gasteiger partial charge in [0, 0.05) is 14.1 Å². The fraction of sp³-hybridized carbons (Fsp3) is 0.222. The van der Waals surface area contributed by atoms with Crippen molar-refractivity contribution >= 4 is 16.0 Å².